The highest BCUT2D eigenvalue weighted by molar-refractivity contribution is 5.43. The Morgan fingerprint density at radius 1 is 1.15 bits per heavy atom. The van der Waals surface area contributed by atoms with Gasteiger partial charge in [0.2, 0.25) is 0 Å². The van der Waals surface area contributed by atoms with Crippen molar-refractivity contribution in [1.29, 1.82) is 0 Å². The first-order chi connectivity index (χ1) is 6.19. The first-order valence-electron chi connectivity index (χ1n) is 4.16. The Labute approximate surface area is 78.5 Å². The van der Waals surface area contributed by atoms with E-state index in [1.54, 1.807) is 14.2 Å². The van der Waals surface area contributed by atoms with Gasteiger partial charge in [-0.25, -0.2) is 0 Å². The first-order valence-corrected chi connectivity index (χ1v) is 4.16. The van der Waals surface area contributed by atoms with Crippen LogP contribution in [0.3, 0.4) is 0 Å². The van der Waals surface area contributed by atoms with E-state index in [-0.39, 0.29) is 6.04 Å². The normalized spacial score (nSPS) is 12.3. The number of hydrogen-bond acceptors (Lipinski definition) is 3. The van der Waals surface area contributed by atoms with E-state index < -0.39 is 0 Å². The van der Waals surface area contributed by atoms with Crippen LogP contribution in [-0.4, -0.2) is 14.2 Å². The lowest BCUT2D eigenvalue weighted by Crippen LogP contribution is -2.05. The Hall–Kier alpha value is -1.22. The van der Waals surface area contributed by atoms with Crippen molar-refractivity contribution in [3.63, 3.8) is 0 Å². The Bertz CT molecular complexity index is 284. The van der Waals surface area contributed by atoms with Gasteiger partial charge in [0.1, 0.15) is 0 Å². The van der Waals surface area contributed by atoms with Crippen molar-refractivity contribution in [2.75, 3.05) is 14.2 Å². The quantitative estimate of drug-likeness (QED) is 0.772. The largest absolute Gasteiger partial charge is 0.493 e. The van der Waals surface area contributed by atoms with Crippen LogP contribution < -0.4 is 15.2 Å². The van der Waals surface area contributed by atoms with E-state index in [4.69, 9.17) is 15.2 Å². The molecule has 0 spiro atoms. The maximum absolute atomic E-state index is 5.73. The van der Waals surface area contributed by atoms with Crippen LogP contribution in [0.15, 0.2) is 18.2 Å². The molecule has 0 heterocycles. The van der Waals surface area contributed by atoms with Gasteiger partial charge in [0.15, 0.2) is 11.5 Å². The van der Waals surface area contributed by atoms with Gasteiger partial charge >= 0.3 is 0 Å². The Kier molecular flexibility index (Phi) is 3.14. The molecule has 1 atom stereocenters. The smallest absolute Gasteiger partial charge is 0.161 e. The van der Waals surface area contributed by atoms with E-state index in [0.29, 0.717) is 0 Å². The number of ether oxygens (including phenoxy) is 2. The maximum Gasteiger partial charge on any atom is 0.161 e. The Balaban J connectivity index is 3.05. The Morgan fingerprint density at radius 2 is 1.77 bits per heavy atom. The molecule has 3 nitrogen and oxygen atoms in total. The number of hydrogen-bond donors (Lipinski definition) is 1. The van der Waals surface area contributed by atoms with Crippen LogP contribution in [0, 0.1) is 0 Å². The van der Waals surface area contributed by atoms with Gasteiger partial charge in [-0.05, 0) is 24.6 Å². The fourth-order valence-electron chi connectivity index (χ4n) is 1.14. The highest BCUT2D eigenvalue weighted by Crippen LogP contribution is 2.29. The third-order valence-electron chi connectivity index (χ3n) is 1.93. The lowest BCUT2D eigenvalue weighted by Gasteiger charge is -2.11. The molecule has 3 heteroatoms. The van der Waals surface area contributed by atoms with Crippen molar-refractivity contribution < 1.29 is 9.47 Å². The van der Waals surface area contributed by atoms with Gasteiger partial charge in [-0.15, -0.1) is 0 Å². The van der Waals surface area contributed by atoms with Crippen molar-refractivity contribution in [2.24, 2.45) is 5.73 Å². The number of rotatable bonds is 3. The maximum atomic E-state index is 5.73. The highest BCUT2D eigenvalue weighted by atomic mass is 16.5. The molecular formula is C10H15NO2. The number of methoxy groups -OCH3 is 2. The summed E-state index contributed by atoms with van der Waals surface area (Å²) in [5.74, 6) is 1.45. The highest BCUT2D eigenvalue weighted by Gasteiger charge is 2.06. The van der Waals surface area contributed by atoms with Gasteiger partial charge in [-0.2, -0.15) is 0 Å². The molecule has 1 aromatic rings. The predicted molar refractivity (Wildman–Crippen MR) is 52.1 cm³/mol. The molecule has 72 valence electrons. The third kappa shape index (κ3) is 2.12. The first kappa shape index (κ1) is 9.86. The second-order valence-electron chi connectivity index (χ2n) is 2.90. The average molecular weight is 181 g/mol. The van der Waals surface area contributed by atoms with Crippen LogP contribution in [0.25, 0.3) is 0 Å². The summed E-state index contributed by atoms with van der Waals surface area (Å²) in [6.07, 6.45) is 0. The van der Waals surface area contributed by atoms with Crippen molar-refractivity contribution in [3.8, 4) is 11.5 Å². The predicted octanol–water partition coefficient (Wildman–Crippen LogP) is 1.72. The molecule has 1 unspecified atom stereocenters. The standard InChI is InChI=1S/C10H15NO2/c1-7(11)8-4-5-9(12-2)10(6-8)13-3/h4-7H,11H2,1-3H3. The van der Waals surface area contributed by atoms with E-state index in [1.165, 1.54) is 0 Å². The number of benzene rings is 1. The molecule has 0 aliphatic rings. The van der Waals surface area contributed by atoms with Crippen LogP contribution in [0.1, 0.15) is 18.5 Å². The second-order valence-corrected chi connectivity index (χ2v) is 2.90. The minimum atomic E-state index is 0.0137. The molecule has 0 fully saturated rings. The molecule has 13 heavy (non-hydrogen) atoms. The molecule has 0 saturated heterocycles. The molecule has 0 bridgehead atoms. The SMILES string of the molecule is COc1ccc(C(C)N)cc1OC. The molecule has 0 saturated carbocycles. The summed E-state index contributed by atoms with van der Waals surface area (Å²) >= 11 is 0. The van der Waals surface area contributed by atoms with Crippen molar-refractivity contribution in [3.05, 3.63) is 23.8 Å². The monoisotopic (exact) mass is 181 g/mol. The van der Waals surface area contributed by atoms with E-state index >= 15 is 0 Å². The van der Waals surface area contributed by atoms with Crippen molar-refractivity contribution in [2.45, 2.75) is 13.0 Å². The van der Waals surface area contributed by atoms with E-state index in [1.807, 2.05) is 25.1 Å². The zero-order valence-electron chi connectivity index (χ0n) is 8.20. The van der Waals surface area contributed by atoms with Gasteiger partial charge in [0, 0.05) is 6.04 Å². The van der Waals surface area contributed by atoms with Gasteiger partial charge in [-0.1, -0.05) is 6.07 Å². The molecule has 0 aromatic heterocycles. The molecule has 0 radical (unpaired) electrons. The van der Waals surface area contributed by atoms with Gasteiger partial charge in [-0.3, -0.25) is 0 Å². The van der Waals surface area contributed by atoms with Crippen LogP contribution >= 0.6 is 0 Å². The van der Waals surface area contributed by atoms with Crippen LogP contribution in [0.4, 0.5) is 0 Å². The fourth-order valence-corrected chi connectivity index (χ4v) is 1.14. The van der Waals surface area contributed by atoms with E-state index in [0.717, 1.165) is 17.1 Å². The lowest BCUT2D eigenvalue weighted by molar-refractivity contribution is 0.354. The van der Waals surface area contributed by atoms with Crippen molar-refractivity contribution >= 4 is 0 Å². The van der Waals surface area contributed by atoms with Crippen LogP contribution in [0.5, 0.6) is 11.5 Å². The average Bonchev–Trinajstić information content (AvgIpc) is 2.16. The van der Waals surface area contributed by atoms with E-state index in [2.05, 4.69) is 0 Å². The number of nitrogens with two attached hydrogens (primary N) is 1. The van der Waals surface area contributed by atoms with Crippen molar-refractivity contribution in [1.82, 2.24) is 0 Å². The zero-order valence-corrected chi connectivity index (χ0v) is 8.20. The minimum Gasteiger partial charge on any atom is -0.493 e. The minimum absolute atomic E-state index is 0.0137. The molecule has 0 aliphatic heterocycles. The second kappa shape index (κ2) is 4.14. The molecule has 1 rings (SSSR count). The van der Waals surface area contributed by atoms with Gasteiger partial charge in [0.05, 0.1) is 14.2 Å². The molecular weight excluding hydrogens is 166 g/mol. The summed E-state index contributed by atoms with van der Waals surface area (Å²) in [6, 6.07) is 5.70. The van der Waals surface area contributed by atoms with Gasteiger partial charge < -0.3 is 15.2 Å². The summed E-state index contributed by atoms with van der Waals surface area (Å²) in [5.41, 5.74) is 6.77. The summed E-state index contributed by atoms with van der Waals surface area (Å²) < 4.78 is 10.3. The molecule has 0 aliphatic carbocycles. The Morgan fingerprint density at radius 3 is 2.23 bits per heavy atom. The third-order valence-corrected chi connectivity index (χ3v) is 1.93. The summed E-state index contributed by atoms with van der Waals surface area (Å²) in [4.78, 5) is 0. The zero-order chi connectivity index (χ0) is 9.84. The topological polar surface area (TPSA) is 44.5 Å². The van der Waals surface area contributed by atoms with E-state index in [9.17, 15) is 0 Å². The summed E-state index contributed by atoms with van der Waals surface area (Å²) in [5, 5.41) is 0. The molecule has 0 amide bonds. The van der Waals surface area contributed by atoms with Crippen LogP contribution in [-0.2, 0) is 0 Å². The molecule has 1 aromatic carbocycles. The summed E-state index contributed by atoms with van der Waals surface area (Å²) in [6.45, 7) is 1.93. The van der Waals surface area contributed by atoms with Crippen LogP contribution in [0.2, 0.25) is 0 Å². The van der Waals surface area contributed by atoms with Gasteiger partial charge in [0.25, 0.3) is 0 Å². The molecule has 2 N–H and O–H groups in total. The fraction of sp³-hybridized carbons (Fsp3) is 0.400. The lowest BCUT2D eigenvalue weighted by atomic mass is 10.1. The summed E-state index contributed by atoms with van der Waals surface area (Å²) in [7, 11) is 3.23.